The van der Waals surface area contributed by atoms with E-state index in [2.05, 4.69) is 9.97 Å². The number of nitrogens with one attached hydrogen (secondary N) is 1. The molecule has 0 spiro atoms. The highest BCUT2D eigenvalue weighted by molar-refractivity contribution is 5.95. The molecule has 1 saturated heterocycles. The Morgan fingerprint density at radius 2 is 2.38 bits per heavy atom. The summed E-state index contributed by atoms with van der Waals surface area (Å²) in [5.74, 6) is -1.25. The first-order valence-corrected chi connectivity index (χ1v) is 5.13. The van der Waals surface area contributed by atoms with Crippen molar-refractivity contribution in [2.75, 3.05) is 6.54 Å². The van der Waals surface area contributed by atoms with Crippen molar-refractivity contribution in [3.8, 4) is 0 Å². The Hall–Kier alpha value is -1.85. The van der Waals surface area contributed by atoms with Crippen LogP contribution in [0.3, 0.4) is 0 Å². The van der Waals surface area contributed by atoms with Gasteiger partial charge in [-0.2, -0.15) is 0 Å². The van der Waals surface area contributed by atoms with E-state index in [9.17, 15) is 9.59 Å². The molecule has 86 valence electrons. The summed E-state index contributed by atoms with van der Waals surface area (Å²) in [6, 6.07) is -0.726. The van der Waals surface area contributed by atoms with Crippen LogP contribution in [0.25, 0.3) is 0 Å². The number of aliphatic carboxylic acids is 1. The highest BCUT2D eigenvalue weighted by atomic mass is 16.4. The van der Waals surface area contributed by atoms with Crippen molar-refractivity contribution in [2.45, 2.75) is 19.4 Å². The van der Waals surface area contributed by atoms with Crippen molar-refractivity contribution in [1.29, 1.82) is 0 Å². The van der Waals surface area contributed by atoms with Gasteiger partial charge in [-0.05, 0) is 12.3 Å². The van der Waals surface area contributed by atoms with Crippen molar-refractivity contribution < 1.29 is 14.7 Å². The second-order valence-corrected chi connectivity index (χ2v) is 4.01. The van der Waals surface area contributed by atoms with Crippen LogP contribution < -0.4 is 0 Å². The zero-order valence-electron chi connectivity index (χ0n) is 8.88. The molecule has 0 bridgehead atoms. The molecule has 0 radical (unpaired) electrons. The van der Waals surface area contributed by atoms with Gasteiger partial charge < -0.3 is 15.0 Å². The van der Waals surface area contributed by atoms with Crippen LogP contribution in [0.5, 0.6) is 0 Å². The molecule has 2 atom stereocenters. The van der Waals surface area contributed by atoms with Crippen molar-refractivity contribution in [2.24, 2.45) is 5.92 Å². The number of hydrogen-bond donors (Lipinski definition) is 2. The predicted molar refractivity (Wildman–Crippen MR) is 54.8 cm³/mol. The molecule has 1 aliphatic rings. The van der Waals surface area contributed by atoms with E-state index < -0.39 is 12.0 Å². The monoisotopic (exact) mass is 223 g/mol. The molecule has 2 rings (SSSR count). The first kappa shape index (κ1) is 10.7. The molecule has 0 aromatic carbocycles. The van der Waals surface area contributed by atoms with Crippen LogP contribution >= 0.6 is 0 Å². The summed E-state index contributed by atoms with van der Waals surface area (Å²) in [4.78, 5) is 30.9. The molecule has 2 unspecified atom stereocenters. The third-order valence-electron chi connectivity index (χ3n) is 2.94. The van der Waals surface area contributed by atoms with E-state index in [1.54, 1.807) is 0 Å². The van der Waals surface area contributed by atoms with Crippen molar-refractivity contribution >= 4 is 11.9 Å². The van der Waals surface area contributed by atoms with Gasteiger partial charge in [-0.3, -0.25) is 4.79 Å². The molecule has 2 N–H and O–H groups in total. The largest absolute Gasteiger partial charge is 0.480 e. The Morgan fingerprint density at radius 1 is 1.62 bits per heavy atom. The first-order chi connectivity index (χ1) is 7.61. The number of carboxylic acids is 1. The highest BCUT2D eigenvalue weighted by Crippen LogP contribution is 2.25. The number of hydrogen-bond acceptors (Lipinski definition) is 3. The fourth-order valence-electron chi connectivity index (χ4n) is 2.08. The van der Waals surface area contributed by atoms with Gasteiger partial charge in [-0.25, -0.2) is 9.78 Å². The van der Waals surface area contributed by atoms with Crippen LogP contribution in [0.15, 0.2) is 12.5 Å². The van der Waals surface area contributed by atoms with Gasteiger partial charge in [-0.1, -0.05) is 6.92 Å². The fraction of sp³-hybridized carbons (Fsp3) is 0.500. The second kappa shape index (κ2) is 3.96. The van der Waals surface area contributed by atoms with Gasteiger partial charge in [0, 0.05) is 6.54 Å². The zero-order chi connectivity index (χ0) is 11.7. The Morgan fingerprint density at radius 3 is 2.94 bits per heavy atom. The Labute approximate surface area is 92.3 Å². The number of aromatic amines is 1. The number of carbonyl (C=O) groups excluding carboxylic acids is 1. The van der Waals surface area contributed by atoms with Crippen molar-refractivity contribution in [3.63, 3.8) is 0 Å². The Kier molecular flexibility index (Phi) is 2.64. The van der Waals surface area contributed by atoms with Gasteiger partial charge >= 0.3 is 5.97 Å². The Balaban J connectivity index is 2.21. The minimum Gasteiger partial charge on any atom is -0.480 e. The molecule has 1 aromatic heterocycles. The fourth-order valence-corrected chi connectivity index (χ4v) is 2.08. The predicted octanol–water partition coefficient (Wildman–Crippen LogP) is 0.345. The lowest BCUT2D eigenvalue weighted by atomic mass is 10.0. The second-order valence-electron chi connectivity index (χ2n) is 4.01. The zero-order valence-corrected chi connectivity index (χ0v) is 8.88. The lowest BCUT2D eigenvalue weighted by Crippen LogP contribution is -2.42. The van der Waals surface area contributed by atoms with E-state index in [1.165, 1.54) is 17.4 Å². The number of rotatable bonds is 2. The number of carboxylic acid groups (broad SMARTS) is 1. The van der Waals surface area contributed by atoms with E-state index in [4.69, 9.17) is 5.11 Å². The highest BCUT2D eigenvalue weighted by Gasteiger charge is 2.40. The lowest BCUT2D eigenvalue weighted by molar-refractivity contribution is -0.142. The third kappa shape index (κ3) is 1.66. The molecule has 1 aromatic rings. The molecule has 16 heavy (non-hydrogen) atoms. The van der Waals surface area contributed by atoms with Crippen LogP contribution in [-0.2, 0) is 4.79 Å². The van der Waals surface area contributed by atoms with Gasteiger partial charge in [-0.15, -0.1) is 0 Å². The van der Waals surface area contributed by atoms with Gasteiger partial charge in [0.15, 0.2) is 0 Å². The summed E-state index contributed by atoms with van der Waals surface area (Å²) in [6.07, 6.45) is 3.53. The van der Waals surface area contributed by atoms with E-state index in [-0.39, 0.29) is 11.8 Å². The normalized spacial score (nSPS) is 24.7. The molecule has 1 fully saturated rings. The minimum atomic E-state index is -0.946. The number of amides is 1. The number of H-pyrrole nitrogens is 1. The molecule has 0 saturated carbocycles. The topological polar surface area (TPSA) is 86.3 Å². The number of aromatic nitrogens is 2. The van der Waals surface area contributed by atoms with Crippen LogP contribution in [0.2, 0.25) is 0 Å². The third-order valence-corrected chi connectivity index (χ3v) is 2.94. The standard InChI is InChI=1S/C10H13N3O3/c1-6-2-3-13(8(6)10(15)16)9(14)7-4-11-5-12-7/h4-6,8H,2-3H2,1H3,(H,11,12)(H,15,16). The average molecular weight is 223 g/mol. The molecule has 2 heterocycles. The Bertz CT molecular complexity index is 401. The van der Waals surface area contributed by atoms with Crippen LogP contribution in [0.1, 0.15) is 23.8 Å². The molecular formula is C10H13N3O3. The van der Waals surface area contributed by atoms with Crippen LogP contribution in [0.4, 0.5) is 0 Å². The van der Waals surface area contributed by atoms with E-state index >= 15 is 0 Å². The maximum absolute atomic E-state index is 12.0. The number of nitrogens with zero attached hydrogens (tertiary/aromatic N) is 2. The smallest absolute Gasteiger partial charge is 0.326 e. The van der Waals surface area contributed by atoms with Gasteiger partial charge in [0.2, 0.25) is 0 Å². The summed E-state index contributed by atoms with van der Waals surface area (Å²) in [5, 5.41) is 9.08. The van der Waals surface area contributed by atoms with Crippen molar-refractivity contribution in [3.05, 3.63) is 18.2 Å². The van der Waals surface area contributed by atoms with Crippen LogP contribution in [-0.4, -0.2) is 44.4 Å². The minimum absolute atomic E-state index is 0.00984. The summed E-state index contributed by atoms with van der Waals surface area (Å²) in [7, 11) is 0. The maximum atomic E-state index is 12.0. The molecule has 1 aliphatic heterocycles. The summed E-state index contributed by atoms with van der Waals surface area (Å²) < 4.78 is 0. The summed E-state index contributed by atoms with van der Waals surface area (Å²) in [5.41, 5.74) is 0.334. The summed E-state index contributed by atoms with van der Waals surface area (Å²) >= 11 is 0. The van der Waals surface area contributed by atoms with Gasteiger partial charge in [0.1, 0.15) is 11.7 Å². The number of carbonyl (C=O) groups is 2. The van der Waals surface area contributed by atoms with Crippen LogP contribution in [0, 0.1) is 5.92 Å². The molecular weight excluding hydrogens is 210 g/mol. The van der Waals surface area contributed by atoms with Gasteiger partial charge in [0.05, 0.1) is 12.5 Å². The molecule has 6 nitrogen and oxygen atoms in total. The molecule has 0 aliphatic carbocycles. The lowest BCUT2D eigenvalue weighted by Gasteiger charge is -2.22. The van der Waals surface area contributed by atoms with Gasteiger partial charge in [0.25, 0.3) is 5.91 Å². The average Bonchev–Trinajstić information content (AvgIpc) is 2.84. The van der Waals surface area contributed by atoms with E-state index in [0.717, 1.165) is 6.42 Å². The maximum Gasteiger partial charge on any atom is 0.326 e. The molecule has 1 amide bonds. The van der Waals surface area contributed by atoms with Crippen molar-refractivity contribution in [1.82, 2.24) is 14.9 Å². The number of likely N-dealkylation sites (tertiary alicyclic amines) is 1. The SMILES string of the molecule is CC1CCN(C(=O)c2cnc[nH]2)C1C(=O)O. The van der Waals surface area contributed by atoms with E-state index in [0.29, 0.717) is 12.2 Å². The number of imidazole rings is 1. The quantitative estimate of drug-likeness (QED) is 0.757. The molecule has 6 heteroatoms. The summed E-state index contributed by atoms with van der Waals surface area (Å²) in [6.45, 7) is 2.33. The first-order valence-electron chi connectivity index (χ1n) is 5.13. The van der Waals surface area contributed by atoms with E-state index in [1.807, 2.05) is 6.92 Å².